The highest BCUT2D eigenvalue weighted by atomic mass is 19.4. The van der Waals surface area contributed by atoms with Gasteiger partial charge in [0, 0.05) is 12.3 Å². The largest absolute Gasteiger partial charge is 0.512 e. The summed E-state index contributed by atoms with van der Waals surface area (Å²) >= 11 is 0. The highest BCUT2D eigenvalue weighted by molar-refractivity contribution is 6.19. The Morgan fingerprint density at radius 2 is 2.07 bits per heavy atom. The van der Waals surface area contributed by atoms with Gasteiger partial charge in [0.05, 0.1) is 17.7 Å². The Balaban J connectivity index is 2.10. The van der Waals surface area contributed by atoms with Gasteiger partial charge in [0.25, 0.3) is 5.91 Å². The van der Waals surface area contributed by atoms with Crippen LogP contribution in [-0.2, 0) is 16.2 Å². The van der Waals surface area contributed by atoms with Crippen LogP contribution in [0.5, 0.6) is 0 Å². The molecule has 10 heteroatoms. The molecule has 1 aromatic carbocycles. The summed E-state index contributed by atoms with van der Waals surface area (Å²) in [6, 6.07) is 6.18. The number of allylic oxidation sites excluding steroid dienone is 1. The molecule has 1 atom stereocenters. The van der Waals surface area contributed by atoms with E-state index < -0.39 is 24.3 Å². The third-order valence-electron chi connectivity index (χ3n) is 3.83. The number of nitrogens with zero attached hydrogens (tertiary/aromatic N) is 1. The Morgan fingerprint density at radius 3 is 2.59 bits per heavy atom. The van der Waals surface area contributed by atoms with E-state index in [9.17, 15) is 28.2 Å². The molecule has 27 heavy (non-hydrogen) atoms. The third kappa shape index (κ3) is 4.45. The molecule has 0 fully saturated rings. The Kier molecular flexibility index (Phi) is 5.59. The molecule has 0 saturated carbocycles. The van der Waals surface area contributed by atoms with Crippen molar-refractivity contribution < 1.29 is 33.0 Å². The summed E-state index contributed by atoms with van der Waals surface area (Å²) in [5, 5.41) is 32.3. The van der Waals surface area contributed by atoms with Gasteiger partial charge in [0.2, 0.25) is 0 Å². The van der Waals surface area contributed by atoms with E-state index in [-0.39, 0.29) is 29.3 Å². The molecule has 1 aliphatic heterocycles. The first kappa shape index (κ1) is 20.4. The van der Waals surface area contributed by atoms with Crippen molar-refractivity contribution in [1.82, 2.24) is 5.32 Å². The molecule has 7 nitrogen and oxygen atoms in total. The Bertz CT molecular complexity index is 829. The number of aliphatic hydroxyl groups excluding tert-OH is 1. The Morgan fingerprint density at radius 1 is 1.41 bits per heavy atom. The van der Waals surface area contributed by atoms with Gasteiger partial charge in [-0.15, -0.1) is 0 Å². The molecule has 0 saturated heterocycles. The molecule has 0 aromatic heterocycles. The number of halogens is 3. The number of carbonyl (C=O) groups excluding carboxylic acids is 1. The summed E-state index contributed by atoms with van der Waals surface area (Å²) in [6.07, 6.45) is -5.84. The first-order chi connectivity index (χ1) is 12.4. The van der Waals surface area contributed by atoms with Crippen molar-refractivity contribution >= 4 is 17.3 Å². The van der Waals surface area contributed by atoms with E-state index in [1.54, 1.807) is 12.1 Å². The van der Waals surface area contributed by atoms with Gasteiger partial charge in [-0.25, -0.2) is 0 Å². The number of rotatable bonds is 5. The van der Waals surface area contributed by atoms with Crippen LogP contribution in [0, 0.1) is 5.41 Å². The molecule has 0 radical (unpaired) electrons. The third-order valence-corrected chi connectivity index (χ3v) is 3.83. The zero-order valence-electron chi connectivity index (χ0n) is 14.5. The molecule has 0 aliphatic carbocycles. The summed E-state index contributed by atoms with van der Waals surface area (Å²) in [5.74, 6) is -4.30. The smallest absolute Gasteiger partial charge is 0.458 e. The van der Waals surface area contributed by atoms with Gasteiger partial charge in [-0.1, -0.05) is 23.4 Å². The highest BCUT2D eigenvalue weighted by Crippen LogP contribution is 2.38. The van der Waals surface area contributed by atoms with Crippen LogP contribution in [0.3, 0.4) is 0 Å². The van der Waals surface area contributed by atoms with E-state index in [1.165, 1.54) is 26.0 Å². The number of carbonyl (C=O) groups is 1. The first-order valence-electron chi connectivity index (χ1n) is 7.81. The number of hydrogen-bond donors (Lipinski definition) is 4. The van der Waals surface area contributed by atoms with Gasteiger partial charge in [0.1, 0.15) is 5.76 Å². The second-order valence-corrected chi connectivity index (χ2v) is 6.06. The lowest BCUT2D eigenvalue weighted by molar-refractivity contribution is -0.355. The van der Waals surface area contributed by atoms with Crippen LogP contribution in [0.4, 0.5) is 13.2 Å². The van der Waals surface area contributed by atoms with Crippen LogP contribution < -0.4 is 5.32 Å². The van der Waals surface area contributed by atoms with E-state index >= 15 is 0 Å². The predicted molar refractivity (Wildman–Crippen MR) is 90.3 cm³/mol. The zero-order valence-corrected chi connectivity index (χ0v) is 14.5. The fraction of sp³-hybridized carbons (Fsp3) is 0.353. The van der Waals surface area contributed by atoms with Crippen LogP contribution in [-0.4, -0.2) is 39.5 Å². The summed E-state index contributed by atoms with van der Waals surface area (Å²) < 4.78 is 38.4. The van der Waals surface area contributed by atoms with Gasteiger partial charge in [-0.3, -0.25) is 4.79 Å². The first-order valence-corrected chi connectivity index (χ1v) is 7.81. The van der Waals surface area contributed by atoms with Crippen molar-refractivity contribution in [2.24, 2.45) is 5.16 Å². The van der Waals surface area contributed by atoms with Crippen molar-refractivity contribution in [2.75, 3.05) is 0 Å². The minimum absolute atomic E-state index is 0.00834. The summed E-state index contributed by atoms with van der Waals surface area (Å²) in [7, 11) is 0. The molecule has 1 aliphatic rings. The normalized spacial score (nSPS) is 20.4. The minimum Gasteiger partial charge on any atom is -0.512 e. The van der Waals surface area contributed by atoms with Gasteiger partial charge >= 0.3 is 12.0 Å². The number of aliphatic hydroxyl groups is 2. The number of benzene rings is 1. The number of amides is 1. The predicted octanol–water partition coefficient (Wildman–Crippen LogP) is 2.55. The molecule has 1 aromatic rings. The maximum Gasteiger partial charge on any atom is 0.458 e. The summed E-state index contributed by atoms with van der Waals surface area (Å²) in [6.45, 7) is 2.65. The van der Waals surface area contributed by atoms with Crippen LogP contribution in [0.1, 0.15) is 31.4 Å². The topological polar surface area (TPSA) is 115 Å². The Hall–Kier alpha value is -2.88. The monoisotopic (exact) mass is 385 g/mol. The molecule has 0 bridgehead atoms. The molecule has 146 valence electrons. The second-order valence-electron chi connectivity index (χ2n) is 6.06. The Labute approximate surface area is 152 Å². The molecule has 1 unspecified atom stereocenters. The number of oxime groups is 1. The minimum atomic E-state index is -4.99. The molecular formula is C17H18F3N3O4. The van der Waals surface area contributed by atoms with Gasteiger partial charge < -0.3 is 25.8 Å². The molecular weight excluding hydrogens is 367 g/mol. The fourth-order valence-electron chi connectivity index (χ4n) is 2.47. The maximum absolute atomic E-state index is 12.8. The average molecular weight is 385 g/mol. The van der Waals surface area contributed by atoms with Crippen molar-refractivity contribution in [3.05, 3.63) is 46.7 Å². The lowest BCUT2D eigenvalue weighted by Crippen LogP contribution is -2.45. The van der Waals surface area contributed by atoms with Crippen molar-refractivity contribution in [2.45, 2.75) is 38.8 Å². The summed E-state index contributed by atoms with van der Waals surface area (Å²) in [4.78, 5) is 16.2. The van der Waals surface area contributed by atoms with Crippen LogP contribution in [0.2, 0.25) is 0 Å². The molecule has 0 spiro atoms. The van der Waals surface area contributed by atoms with Gasteiger partial charge in [-0.05, 0) is 31.0 Å². The van der Waals surface area contributed by atoms with E-state index in [1.807, 2.05) is 0 Å². The van der Waals surface area contributed by atoms with Gasteiger partial charge in [-0.2, -0.15) is 13.2 Å². The SMILES string of the molecule is CC(=N)/C(C(=O)NCc1cccc(C2=NOC(O)(C(F)(F)F)C2)c1)=C(/C)O. The van der Waals surface area contributed by atoms with Gasteiger partial charge in [0.15, 0.2) is 0 Å². The standard InChI is InChI=1S/C17H18F3N3O4/c1-9(21)14(10(2)24)15(25)22-8-11-4-3-5-12(6-11)13-7-16(26,27-23-13)17(18,19)20/h3-6,21,24,26H,7-8H2,1-2H3,(H,22,25)/b14-10+,21-9?. The second kappa shape index (κ2) is 7.39. The number of hydrogen-bond acceptors (Lipinski definition) is 6. The number of nitrogens with one attached hydrogen (secondary N) is 2. The van der Waals surface area contributed by atoms with Crippen LogP contribution >= 0.6 is 0 Å². The van der Waals surface area contributed by atoms with Crippen molar-refractivity contribution in [3.63, 3.8) is 0 Å². The van der Waals surface area contributed by atoms with Crippen LogP contribution in [0.25, 0.3) is 0 Å². The van der Waals surface area contributed by atoms with E-state index in [4.69, 9.17) is 5.41 Å². The molecule has 1 heterocycles. The lowest BCUT2D eigenvalue weighted by Gasteiger charge is -2.22. The molecule has 1 amide bonds. The highest BCUT2D eigenvalue weighted by Gasteiger charge is 2.60. The quantitative estimate of drug-likeness (QED) is 0.354. The number of alkyl halides is 3. The molecule has 2 rings (SSSR count). The van der Waals surface area contributed by atoms with Crippen LogP contribution in [0.15, 0.2) is 40.8 Å². The summed E-state index contributed by atoms with van der Waals surface area (Å²) in [5.41, 5.74) is 0.507. The zero-order chi connectivity index (χ0) is 20.4. The fourth-order valence-corrected chi connectivity index (χ4v) is 2.47. The maximum atomic E-state index is 12.8. The van der Waals surface area contributed by atoms with Crippen molar-refractivity contribution in [1.29, 1.82) is 5.41 Å². The van der Waals surface area contributed by atoms with Crippen molar-refractivity contribution in [3.8, 4) is 0 Å². The van der Waals surface area contributed by atoms with E-state index in [0.29, 0.717) is 11.1 Å². The lowest BCUT2D eigenvalue weighted by atomic mass is 10.0. The van der Waals surface area contributed by atoms with E-state index in [2.05, 4.69) is 15.3 Å². The van der Waals surface area contributed by atoms with E-state index in [0.717, 1.165) is 0 Å². The molecule has 4 N–H and O–H groups in total. The average Bonchev–Trinajstić information content (AvgIpc) is 2.96.